The smallest absolute Gasteiger partial charge is 0.371 e. The molecule has 0 saturated carbocycles. The van der Waals surface area contributed by atoms with Crippen molar-refractivity contribution in [1.29, 1.82) is 0 Å². The van der Waals surface area contributed by atoms with Crippen LogP contribution in [0.25, 0.3) is 0 Å². The summed E-state index contributed by atoms with van der Waals surface area (Å²) >= 11 is 0. The number of hydrogen-bond donors (Lipinski definition) is 1. The van der Waals surface area contributed by atoms with Crippen LogP contribution in [0.4, 0.5) is 0 Å². The fraction of sp³-hybridized carbons (Fsp3) is 0.571. The number of carboxylic acids is 1. The van der Waals surface area contributed by atoms with Crippen molar-refractivity contribution >= 4 is 11.9 Å². The number of carboxylic acid groups (broad SMARTS) is 1. The minimum absolute atomic E-state index is 0.0821. The summed E-state index contributed by atoms with van der Waals surface area (Å²) in [5.41, 5.74) is 0. The van der Waals surface area contributed by atoms with Gasteiger partial charge in [-0.05, 0) is 24.0 Å². The lowest BCUT2D eigenvalue weighted by atomic mass is 10.1. The number of carbonyl (C=O) groups excluding carboxylic acids is 1. The molecule has 0 fully saturated rings. The Balaban J connectivity index is 2.87. The minimum atomic E-state index is -1.17. The van der Waals surface area contributed by atoms with Crippen molar-refractivity contribution in [3.63, 3.8) is 0 Å². The van der Waals surface area contributed by atoms with Crippen molar-refractivity contribution in [3.05, 3.63) is 23.7 Å². The Morgan fingerprint density at radius 2 is 1.58 bits per heavy atom. The zero-order valence-corrected chi connectivity index (χ0v) is 11.8. The number of nitrogens with zero attached hydrogens (tertiary/aromatic N) is 1. The summed E-state index contributed by atoms with van der Waals surface area (Å²) in [5, 5.41) is 8.79. The second-order valence-electron chi connectivity index (χ2n) is 5.47. The first-order valence-corrected chi connectivity index (χ1v) is 6.43. The van der Waals surface area contributed by atoms with E-state index in [2.05, 4.69) is 0 Å². The van der Waals surface area contributed by atoms with E-state index in [1.54, 1.807) is 4.90 Å². The van der Waals surface area contributed by atoms with Gasteiger partial charge in [0.05, 0.1) is 0 Å². The molecule has 0 aliphatic heterocycles. The predicted molar refractivity (Wildman–Crippen MR) is 71.2 cm³/mol. The molecule has 0 radical (unpaired) electrons. The maximum Gasteiger partial charge on any atom is 0.371 e. The third kappa shape index (κ3) is 4.43. The van der Waals surface area contributed by atoms with E-state index in [-0.39, 0.29) is 17.4 Å². The van der Waals surface area contributed by atoms with E-state index in [0.29, 0.717) is 24.9 Å². The molecule has 0 bridgehead atoms. The highest BCUT2D eigenvalue weighted by Gasteiger charge is 2.22. The normalized spacial score (nSPS) is 11.1. The average Bonchev–Trinajstić information content (AvgIpc) is 2.75. The molecule has 0 aliphatic carbocycles. The molecule has 1 aromatic rings. The van der Waals surface area contributed by atoms with Gasteiger partial charge < -0.3 is 14.4 Å². The SMILES string of the molecule is CC(C)CN(CC(C)C)C(=O)c1ccc(C(=O)O)o1. The summed E-state index contributed by atoms with van der Waals surface area (Å²) in [6.07, 6.45) is 0. The largest absolute Gasteiger partial charge is 0.475 e. The van der Waals surface area contributed by atoms with E-state index in [0.717, 1.165) is 0 Å². The average molecular weight is 267 g/mol. The van der Waals surface area contributed by atoms with E-state index in [1.165, 1.54) is 12.1 Å². The Bertz CT molecular complexity index is 438. The third-order valence-electron chi connectivity index (χ3n) is 2.49. The highest BCUT2D eigenvalue weighted by atomic mass is 16.4. The molecule has 1 aromatic heterocycles. The molecule has 1 N–H and O–H groups in total. The number of furan rings is 1. The molecular formula is C14H21NO4. The Morgan fingerprint density at radius 3 is 1.95 bits per heavy atom. The zero-order valence-electron chi connectivity index (χ0n) is 11.8. The molecule has 1 rings (SSSR count). The lowest BCUT2D eigenvalue weighted by Crippen LogP contribution is -2.36. The molecular weight excluding hydrogens is 246 g/mol. The molecule has 0 unspecified atom stereocenters. The van der Waals surface area contributed by atoms with Crippen LogP contribution in [0.15, 0.2) is 16.5 Å². The Morgan fingerprint density at radius 1 is 1.11 bits per heavy atom. The number of carbonyl (C=O) groups is 2. The molecule has 5 heteroatoms. The van der Waals surface area contributed by atoms with E-state index in [9.17, 15) is 9.59 Å². The maximum absolute atomic E-state index is 12.3. The molecule has 19 heavy (non-hydrogen) atoms. The van der Waals surface area contributed by atoms with Gasteiger partial charge in [-0.15, -0.1) is 0 Å². The van der Waals surface area contributed by atoms with Gasteiger partial charge in [0.15, 0.2) is 5.76 Å². The van der Waals surface area contributed by atoms with E-state index in [4.69, 9.17) is 9.52 Å². The second kappa shape index (κ2) is 6.41. The quantitative estimate of drug-likeness (QED) is 0.860. The van der Waals surface area contributed by atoms with Crippen molar-refractivity contribution in [2.45, 2.75) is 27.7 Å². The van der Waals surface area contributed by atoms with Crippen LogP contribution in [-0.2, 0) is 0 Å². The zero-order chi connectivity index (χ0) is 14.6. The fourth-order valence-electron chi connectivity index (χ4n) is 1.85. The molecule has 1 amide bonds. The van der Waals surface area contributed by atoms with Gasteiger partial charge in [-0.2, -0.15) is 0 Å². The predicted octanol–water partition coefficient (Wildman–Crippen LogP) is 2.73. The van der Waals surface area contributed by atoms with Gasteiger partial charge in [-0.25, -0.2) is 4.79 Å². The van der Waals surface area contributed by atoms with Crippen LogP contribution < -0.4 is 0 Å². The van der Waals surface area contributed by atoms with Crippen LogP contribution in [0.5, 0.6) is 0 Å². The van der Waals surface area contributed by atoms with Crippen molar-refractivity contribution in [2.75, 3.05) is 13.1 Å². The molecule has 0 spiro atoms. The molecule has 0 atom stereocenters. The third-order valence-corrected chi connectivity index (χ3v) is 2.49. The van der Waals surface area contributed by atoms with Crippen molar-refractivity contribution < 1.29 is 19.1 Å². The lowest BCUT2D eigenvalue weighted by molar-refractivity contribution is 0.0639. The highest BCUT2D eigenvalue weighted by Crippen LogP contribution is 2.13. The molecule has 0 aromatic carbocycles. The molecule has 5 nitrogen and oxygen atoms in total. The van der Waals surface area contributed by atoms with Crippen LogP contribution in [-0.4, -0.2) is 35.0 Å². The first kappa shape index (κ1) is 15.3. The second-order valence-corrected chi connectivity index (χ2v) is 5.47. The van der Waals surface area contributed by atoms with Crippen LogP contribution in [0.3, 0.4) is 0 Å². The number of hydrogen-bond acceptors (Lipinski definition) is 3. The van der Waals surface area contributed by atoms with E-state index >= 15 is 0 Å². The maximum atomic E-state index is 12.3. The van der Waals surface area contributed by atoms with Crippen LogP contribution in [0, 0.1) is 11.8 Å². The fourth-order valence-corrected chi connectivity index (χ4v) is 1.85. The Hall–Kier alpha value is -1.78. The van der Waals surface area contributed by atoms with Gasteiger partial charge >= 0.3 is 5.97 Å². The van der Waals surface area contributed by atoms with Crippen LogP contribution in [0.1, 0.15) is 48.8 Å². The number of aromatic carboxylic acids is 1. The molecule has 0 aliphatic rings. The summed E-state index contributed by atoms with van der Waals surface area (Å²) < 4.78 is 5.06. The van der Waals surface area contributed by atoms with Crippen LogP contribution in [0.2, 0.25) is 0 Å². The van der Waals surface area contributed by atoms with Gasteiger partial charge in [0.2, 0.25) is 5.76 Å². The summed E-state index contributed by atoms with van der Waals surface area (Å²) in [5.74, 6) is -0.863. The Kier molecular flexibility index (Phi) is 5.15. The first-order chi connectivity index (χ1) is 8.81. The van der Waals surface area contributed by atoms with Crippen molar-refractivity contribution in [2.24, 2.45) is 11.8 Å². The summed E-state index contributed by atoms with van der Waals surface area (Å²) in [7, 11) is 0. The first-order valence-electron chi connectivity index (χ1n) is 6.43. The van der Waals surface area contributed by atoms with Gasteiger partial charge in [-0.3, -0.25) is 4.79 Å². The topological polar surface area (TPSA) is 70.8 Å². The summed E-state index contributed by atoms with van der Waals surface area (Å²) in [6, 6.07) is 2.72. The van der Waals surface area contributed by atoms with Crippen molar-refractivity contribution in [3.8, 4) is 0 Å². The van der Waals surface area contributed by atoms with Gasteiger partial charge in [0.25, 0.3) is 5.91 Å². The number of amides is 1. The Labute approximate surface area is 113 Å². The summed E-state index contributed by atoms with van der Waals surface area (Å²) in [6.45, 7) is 9.38. The van der Waals surface area contributed by atoms with Gasteiger partial charge in [0, 0.05) is 13.1 Å². The van der Waals surface area contributed by atoms with E-state index < -0.39 is 5.97 Å². The number of rotatable bonds is 6. The van der Waals surface area contributed by atoms with E-state index in [1.807, 2.05) is 27.7 Å². The summed E-state index contributed by atoms with van der Waals surface area (Å²) in [4.78, 5) is 24.7. The lowest BCUT2D eigenvalue weighted by Gasteiger charge is -2.25. The minimum Gasteiger partial charge on any atom is -0.475 e. The van der Waals surface area contributed by atoms with Crippen LogP contribution >= 0.6 is 0 Å². The molecule has 0 saturated heterocycles. The molecule has 1 heterocycles. The standard InChI is InChI=1S/C14H21NO4/c1-9(2)7-15(8-10(3)4)13(16)11-5-6-12(19-11)14(17)18/h5-6,9-10H,7-8H2,1-4H3,(H,17,18). The monoisotopic (exact) mass is 267 g/mol. The van der Waals surface area contributed by atoms with Gasteiger partial charge in [-0.1, -0.05) is 27.7 Å². The van der Waals surface area contributed by atoms with Gasteiger partial charge in [0.1, 0.15) is 0 Å². The van der Waals surface area contributed by atoms with Crippen molar-refractivity contribution in [1.82, 2.24) is 4.90 Å². The highest BCUT2D eigenvalue weighted by molar-refractivity contribution is 5.93. The molecule has 106 valence electrons.